The molecule has 0 bridgehead atoms. The Bertz CT molecular complexity index is 884. The Kier molecular flexibility index (Phi) is 8.52. The number of carbonyl (C=O) groups excluding carboxylic acids is 4. The second-order valence-electron chi connectivity index (χ2n) is 6.48. The average molecular weight is 411 g/mol. The topological polar surface area (TPSA) is 120 Å². The van der Waals surface area contributed by atoms with Crippen molar-refractivity contribution in [3.8, 4) is 0 Å². The molecule has 9 heteroatoms. The van der Waals surface area contributed by atoms with Crippen LogP contribution in [0, 0.1) is 0 Å². The lowest BCUT2D eigenvalue weighted by Gasteiger charge is -2.19. The van der Waals surface area contributed by atoms with Gasteiger partial charge in [-0.25, -0.2) is 0 Å². The van der Waals surface area contributed by atoms with Gasteiger partial charge in [-0.1, -0.05) is 25.1 Å². The zero-order chi connectivity index (χ0) is 21.9. The Morgan fingerprint density at radius 1 is 0.767 bits per heavy atom. The van der Waals surface area contributed by atoms with E-state index in [4.69, 9.17) is 0 Å². The molecule has 0 radical (unpaired) electrons. The summed E-state index contributed by atoms with van der Waals surface area (Å²) in [5.74, 6) is -1.32. The molecule has 30 heavy (non-hydrogen) atoms. The Hall–Kier alpha value is -3.72. The van der Waals surface area contributed by atoms with Crippen molar-refractivity contribution in [1.82, 2.24) is 15.8 Å². The molecule has 4 N–H and O–H groups in total. The molecule has 0 aromatic heterocycles. The number of rotatable bonds is 8. The van der Waals surface area contributed by atoms with E-state index in [1.54, 1.807) is 59.5 Å². The van der Waals surface area contributed by atoms with Crippen molar-refractivity contribution < 1.29 is 19.2 Å². The van der Waals surface area contributed by atoms with E-state index >= 15 is 0 Å². The number of benzene rings is 2. The fourth-order valence-electron chi connectivity index (χ4n) is 2.55. The number of hydrogen-bond donors (Lipinski definition) is 4. The van der Waals surface area contributed by atoms with Crippen molar-refractivity contribution >= 4 is 35.0 Å². The maximum Gasteiger partial charge on any atom is 0.269 e. The number of hydrazine groups is 1. The summed E-state index contributed by atoms with van der Waals surface area (Å²) in [5.41, 5.74) is 6.32. The first-order valence-corrected chi connectivity index (χ1v) is 9.41. The molecule has 0 aliphatic carbocycles. The molecule has 0 spiro atoms. The van der Waals surface area contributed by atoms with Gasteiger partial charge in [0, 0.05) is 23.9 Å². The van der Waals surface area contributed by atoms with Gasteiger partial charge in [0.15, 0.2) is 0 Å². The molecular weight excluding hydrogens is 386 g/mol. The van der Waals surface area contributed by atoms with Gasteiger partial charge in [-0.2, -0.15) is 0 Å². The second kappa shape index (κ2) is 11.3. The molecular formula is C21H25N5O4. The predicted molar refractivity (Wildman–Crippen MR) is 114 cm³/mol. The van der Waals surface area contributed by atoms with Gasteiger partial charge in [0.05, 0.1) is 13.1 Å². The summed E-state index contributed by atoms with van der Waals surface area (Å²) in [6.07, 6.45) is 0. The molecule has 0 heterocycles. The molecule has 2 rings (SSSR count). The first-order valence-electron chi connectivity index (χ1n) is 9.41. The third kappa shape index (κ3) is 7.72. The summed E-state index contributed by atoms with van der Waals surface area (Å²) < 4.78 is 0. The van der Waals surface area contributed by atoms with E-state index in [1.165, 1.54) is 6.92 Å². The quantitative estimate of drug-likeness (QED) is 0.489. The van der Waals surface area contributed by atoms with E-state index < -0.39 is 11.8 Å². The number of amides is 4. The highest BCUT2D eigenvalue weighted by Crippen LogP contribution is 2.13. The molecule has 0 saturated carbocycles. The monoisotopic (exact) mass is 411 g/mol. The maximum atomic E-state index is 12.3. The van der Waals surface area contributed by atoms with Crippen molar-refractivity contribution in [2.75, 3.05) is 30.3 Å². The Balaban J connectivity index is 1.78. The zero-order valence-electron chi connectivity index (χ0n) is 16.9. The predicted octanol–water partition coefficient (Wildman–Crippen LogP) is 1.37. The smallest absolute Gasteiger partial charge is 0.269 e. The molecule has 0 atom stereocenters. The number of carbonyl (C=O) groups is 4. The highest BCUT2D eigenvalue weighted by atomic mass is 16.2. The Morgan fingerprint density at radius 3 is 1.90 bits per heavy atom. The summed E-state index contributed by atoms with van der Waals surface area (Å²) >= 11 is 0. The minimum absolute atomic E-state index is 0.00397. The van der Waals surface area contributed by atoms with Crippen molar-refractivity contribution in [2.45, 2.75) is 13.8 Å². The number of nitrogens with one attached hydrogen (secondary N) is 4. The third-order valence-corrected chi connectivity index (χ3v) is 4.02. The van der Waals surface area contributed by atoms with Crippen LogP contribution in [0.25, 0.3) is 0 Å². The molecule has 9 nitrogen and oxygen atoms in total. The summed E-state index contributed by atoms with van der Waals surface area (Å²) in [4.78, 5) is 48.9. The first-order chi connectivity index (χ1) is 14.4. The number of nitrogens with zero attached hydrogens (tertiary/aromatic N) is 1. The van der Waals surface area contributed by atoms with E-state index in [-0.39, 0.29) is 24.9 Å². The summed E-state index contributed by atoms with van der Waals surface area (Å²) in [6.45, 7) is 3.66. The zero-order valence-corrected chi connectivity index (χ0v) is 16.9. The van der Waals surface area contributed by atoms with Gasteiger partial charge >= 0.3 is 0 Å². The molecule has 0 aliphatic rings. The second-order valence-corrected chi connectivity index (χ2v) is 6.48. The van der Waals surface area contributed by atoms with E-state index in [9.17, 15) is 19.2 Å². The van der Waals surface area contributed by atoms with E-state index in [0.717, 1.165) is 0 Å². The fraction of sp³-hybridized carbons (Fsp3) is 0.238. The molecule has 0 aliphatic heterocycles. The Labute approximate surface area is 174 Å². The lowest BCUT2D eigenvalue weighted by Crippen LogP contribution is -2.47. The largest absolute Gasteiger partial charge is 0.326 e. The normalized spacial score (nSPS) is 10.2. The highest BCUT2D eigenvalue weighted by Gasteiger charge is 2.14. The van der Waals surface area contributed by atoms with Crippen LogP contribution in [0.4, 0.5) is 11.4 Å². The van der Waals surface area contributed by atoms with E-state index in [1.807, 2.05) is 6.92 Å². The van der Waals surface area contributed by atoms with Crippen molar-refractivity contribution in [3.63, 3.8) is 0 Å². The first kappa shape index (κ1) is 22.6. The van der Waals surface area contributed by atoms with Crippen LogP contribution in [0.1, 0.15) is 24.2 Å². The molecule has 158 valence electrons. The van der Waals surface area contributed by atoms with Gasteiger partial charge < -0.3 is 10.6 Å². The number of hydrogen-bond acceptors (Lipinski definition) is 5. The number of likely N-dealkylation sites (N-methyl/N-ethyl adjacent to an activating group) is 1. The van der Waals surface area contributed by atoms with Crippen LogP contribution in [-0.2, 0) is 14.4 Å². The van der Waals surface area contributed by atoms with Gasteiger partial charge in [0.25, 0.3) is 11.8 Å². The van der Waals surface area contributed by atoms with Crippen LogP contribution >= 0.6 is 0 Å². The van der Waals surface area contributed by atoms with Crippen LogP contribution < -0.4 is 21.5 Å². The Morgan fingerprint density at radius 2 is 1.33 bits per heavy atom. The molecule has 0 unspecified atom stereocenters. The van der Waals surface area contributed by atoms with Crippen molar-refractivity contribution in [2.24, 2.45) is 0 Å². The summed E-state index contributed by atoms with van der Waals surface area (Å²) in [5, 5.41) is 5.38. The lowest BCUT2D eigenvalue weighted by atomic mass is 10.2. The molecule has 0 saturated heterocycles. The van der Waals surface area contributed by atoms with Gasteiger partial charge in [0.1, 0.15) is 0 Å². The minimum Gasteiger partial charge on any atom is -0.326 e. The molecule has 2 aromatic carbocycles. The molecule has 0 fully saturated rings. The van der Waals surface area contributed by atoms with Crippen LogP contribution in [0.2, 0.25) is 0 Å². The number of anilines is 2. The SMILES string of the molecule is CCN(CC(=O)NNC(=O)c1ccccc1)CC(=O)Nc1ccc(NC(C)=O)cc1. The molecule has 2 aromatic rings. The van der Waals surface area contributed by atoms with Crippen LogP contribution in [0.15, 0.2) is 54.6 Å². The summed E-state index contributed by atoms with van der Waals surface area (Å²) in [6, 6.07) is 15.2. The third-order valence-electron chi connectivity index (χ3n) is 4.02. The maximum absolute atomic E-state index is 12.3. The lowest BCUT2D eigenvalue weighted by molar-refractivity contribution is -0.124. The van der Waals surface area contributed by atoms with Crippen LogP contribution in [-0.4, -0.2) is 48.2 Å². The fourth-order valence-corrected chi connectivity index (χ4v) is 2.55. The summed E-state index contributed by atoms with van der Waals surface area (Å²) in [7, 11) is 0. The van der Waals surface area contributed by atoms with Crippen LogP contribution in [0.3, 0.4) is 0 Å². The van der Waals surface area contributed by atoms with Gasteiger partial charge in [-0.3, -0.25) is 34.9 Å². The van der Waals surface area contributed by atoms with E-state index in [0.29, 0.717) is 23.5 Å². The van der Waals surface area contributed by atoms with Crippen molar-refractivity contribution in [1.29, 1.82) is 0 Å². The van der Waals surface area contributed by atoms with Crippen molar-refractivity contribution in [3.05, 3.63) is 60.2 Å². The van der Waals surface area contributed by atoms with E-state index in [2.05, 4.69) is 21.5 Å². The highest BCUT2D eigenvalue weighted by molar-refractivity contribution is 5.96. The standard InChI is InChI=1S/C21H25N5O4/c1-3-26(14-20(29)24-25-21(30)16-7-5-4-6-8-16)13-19(28)23-18-11-9-17(10-12-18)22-15(2)27/h4-12H,3,13-14H2,1-2H3,(H,22,27)(H,23,28)(H,24,29)(H,25,30). The average Bonchev–Trinajstić information content (AvgIpc) is 2.73. The van der Waals surface area contributed by atoms with Crippen LogP contribution in [0.5, 0.6) is 0 Å². The van der Waals surface area contributed by atoms with Gasteiger partial charge in [0.2, 0.25) is 11.8 Å². The van der Waals surface area contributed by atoms with Gasteiger partial charge in [-0.15, -0.1) is 0 Å². The molecule has 4 amide bonds. The van der Waals surface area contributed by atoms with Gasteiger partial charge in [-0.05, 0) is 42.9 Å². The minimum atomic E-state index is -0.436.